The summed E-state index contributed by atoms with van der Waals surface area (Å²) in [5, 5.41) is 11.6. The minimum absolute atomic E-state index is 0.135. The molecule has 0 saturated carbocycles. The largest absolute Gasteiger partial charge is 0.481 e. The molecule has 17 heavy (non-hydrogen) atoms. The van der Waals surface area contributed by atoms with Gasteiger partial charge in [0, 0.05) is 19.6 Å². The molecule has 0 aliphatic heterocycles. The number of hydrogen-bond acceptors (Lipinski definition) is 2. The zero-order chi connectivity index (χ0) is 13.6. The number of carboxylic acids is 1. The van der Waals surface area contributed by atoms with Crippen LogP contribution in [0.4, 0.5) is 4.79 Å². The Kier molecular flexibility index (Phi) is 5.99. The van der Waals surface area contributed by atoms with Crippen LogP contribution in [0.3, 0.4) is 0 Å². The van der Waals surface area contributed by atoms with Crippen molar-refractivity contribution in [3.8, 4) is 0 Å². The highest BCUT2D eigenvalue weighted by molar-refractivity contribution is 5.77. The summed E-state index contributed by atoms with van der Waals surface area (Å²) in [7, 11) is 0. The maximum Gasteiger partial charge on any atom is 0.317 e. The highest BCUT2D eigenvalue weighted by Gasteiger charge is 2.28. The lowest BCUT2D eigenvalue weighted by molar-refractivity contribution is -0.146. The Morgan fingerprint density at radius 1 is 1.35 bits per heavy atom. The molecule has 0 rings (SSSR count). The van der Waals surface area contributed by atoms with Crippen LogP contribution in [0, 0.1) is 11.3 Å². The molecule has 0 atom stereocenters. The van der Waals surface area contributed by atoms with Crippen molar-refractivity contribution < 1.29 is 14.7 Å². The van der Waals surface area contributed by atoms with Gasteiger partial charge in [-0.2, -0.15) is 0 Å². The molecule has 100 valence electrons. The van der Waals surface area contributed by atoms with E-state index in [2.05, 4.69) is 5.32 Å². The molecule has 0 aliphatic carbocycles. The van der Waals surface area contributed by atoms with Gasteiger partial charge in [-0.25, -0.2) is 4.79 Å². The van der Waals surface area contributed by atoms with Crippen LogP contribution in [0.1, 0.15) is 34.6 Å². The second-order valence-electron chi connectivity index (χ2n) is 5.28. The number of rotatable bonds is 6. The predicted molar refractivity (Wildman–Crippen MR) is 66.9 cm³/mol. The molecular weight excluding hydrogens is 220 g/mol. The molecule has 0 aromatic heterocycles. The van der Waals surface area contributed by atoms with E-state index in [-0.39, 0.29) is 12.6 Å². The third-order valence-electron chi connectivity index (χ3n) is 2.51. The number of carboxylic acid groups (broad SMARTS) is 1. The van der Waals surface area contributed by atoms with Gasteiger partial charge in [-0.15, -0.1) is 0 Å². The number of urea groups is 1. The van der Waals surface area contributed by atoms with Crippen LogP contribution in [0.5, 0.6) is 0 Å². The summed E-state index contributed by atoms with van der Waals surface area (Å²) >= 11 is 0. The first-order chi connectivity index (χ1) is 7.70. The first-order valence-electron chi connectivity index (χ1n) is 5.97. The Morgan fingerprint density at radius 2 is 1.88 bits per heavy atom. The molecule has 0 heterocycles. The van der Waals surface area contributed by atoms with E-state index in [1.807, 2.05) is 20.8 Å². The first kappa shape index (κ1) is 15.7. The third-order valence-corrected chi connectivity index (χ3v) is 2.51. The summed E-state index contributed by atoms with van der Waals surface area (Å²) in [6, 6.07) is -0.199. The van der Waals surface area contributed by atoms with E-state index in [0.29, 0.717) is 19.0 Å². The van der Waals surface area contributed by atoms with Gasteiger partial charge >= 0.3 is 12.0 Å². The molecule has 5 heteroatoms. The van der Waals surface area contributed by atoms with Gasteiger partial charge in [0.15, 0.2) is 0 Å². The number of nitrogens with zero attached hydrogens (tertiary/aromatic N) is 1. The van der Waals surface area contributed by atoms with Crippen molar-refractivity contribution in [2.75, 3.05) is 19.6 Å². The molecule has 0 saturated heterocycles. The number of nitrogens with one attached hydrogen (secondary N) is 1. The van der Waals surface area contributed by atoms with Gasteiger partial charge in [0.2, 0.25) is 0 Å². The smallest absolute Gasteiger partial charge is 0.317 e. The Bertz CT molecular complexity index is 275. The van der Waals surface area contributed by atoms with Crippen LogP contribution in [0.2, 0.25) is 0 Å². The third kappa shape index (κ3) is 5.56. The number of amides is 2. The average molecular weight is 244 g/mol. The lowest BCUT2D eigenvalue weighted by atomic mass is 9.94. The van der Waals surface area contributed by atoms with Crippen molar-refractivity contribution >= 4 is 12.0 Å². The Balaban J connectivity index is 4.29. The summed E-state index contributed by atoms with van der Waals surface area (Å²) in [4.78, 5) is 24.4. The average Bonchev–Trinajstić information content (AvgIpc) is 2.22. The van der Waals surface area contributed by atoms with E-state index in [4.69, 9.17) is 5.11 Å². The fraction of sp³-hybridized carbons (Fsp3) is 0.833. The summed E-state index contributed by atoms with van der Waals surface area (Å²) in [5.74, 6) is -0.516. The molecular formula is C12H24N2O3. The molecule has 0 bridgehead atoms. The fourth-order valence-corrected chi connectivity index (χ4v) is 1.28. The lowest BCUT2D eigenvalue weighted by Gasteiger charge is -2.26. The van der Waals surface area contributed by atoms with E-state index in [1.165, 1.54) is 0 Å². The SMILES string of the molecule is CCN(CC(C)C)C(=O)NCC(C)(C)C(=O)O. The molecule has 0 aromatic rings. The summed E-state index contributed by atoms with van der Waals surface area (Å²) in [5.41, 5.74) is -0.938. The van der Waals surface area contributed by atoms with Crippen LogP contribution >= 0.6 is 0 Å². The zero-order valence-corrected chi connectivity index (χ0v) is 11.4. The normalized spacial score (nSPS) is 11.4. The number of carbonyl (C=O) groups excluding carboxylic acids is 1. The van der Waals surface area contributed by atoms with Crippen LogP contribution in [0.25, 0.3) is 0 Å². The first-order valence-corrected chi connectivity index (χ1v) is 5.97. The van der Waals surface area contributed by atoms with Gasteiger partial charge in [-0.3, -0.25) is 4.79 Å². The Morgan fingerprint density at radius 3 is 2.24 bits per heavy atom. The van der Waals surface area contributed by atoms with Gasteiger partial charge in [-0.05, 0) is 26.7 Å². The molecule has 2 N–H and O–H groups in total. The van der Waals surface area contributed by atoms with E-state index in [0.717, 1.165) is 0 Å². The highest BCUT2D eigenvalue weighted by atomic mass is 16.4. The van der Waals surface area contributed by atoms with Crippen molar-refractivity contribution in [1.29, 1.82) is 0 Å². The molecule has 0 aliphatic rings. The maximum absolute atomic E-state index is 11.8. The van der Waals surface area contributed by atoms with Crippen molar-refractivity contribution in [3.63, 3.8) is 0 Å². The van der Waals surface area contributed by atoms with Crippen LogP contribution in [0.15, 0.2) is 0 Å². The quantitative estimate of drug-likeness (QED) is 0.748. The van der Waals surface area contributed by atoms with Crippen LogP contribution in [-0.4, -0.2) is 41.6 Å². The maximum atomic E-state index is 11.8. The molecule has 0 radical (unpaired) electrons. The number of carbonyl (C=O) groups is 2. The molecule has 0 spiro atoms. The summed E-state index contributed by atoms with van der Waals surface area (Å²) < 4.78 is 0. The lowest BCUT2D eigenvalue weighted by Crippen LogP contribution is -2.46. The van der Waals surface area contributed by atoms with E-state index in [1.54, 1.807) is 18.7 Å². The van der Waals surface area contributed by atoms with E-state index < -0.39 is 11.4 Å². The standard InChI is InChI=1S/C12H24N2O3/c1-6-14(7-9(2)3)11(17)13-8-12(4,5)10(15)16/h9H,6-8H2,1-5H3,(H,13,17)(H,15,16). The molecule has 5 nitrogen and oxygen atoms in total. The number of aliphatic carboxylic acids is 1. The van der Waals surface area contributed by atoms with Crippen molar-refractivity contribution in [2.24, 2.45) is 11.3 Å². The predicted octanol–water partition coefficient (Wildman–Crippen LogP) is 1.78. The second kappa shape index (κ2) is 6.47. The zero-order valence-electron chi connectivity index (χ0n) is 11.4. The monoisotopic (exact) mass is 244 g/mol. The van der Waals surface area contributed by atoms with Gasteiger partial charge < -0.3 is 15.3 Å². The van der Waals surface area contributed by atoms with Crippen LogP contribution in [-0.2, 0) is 4.79 Å². The van der Waals surface area contributed by atoms with Crippen molar-refractivity contribution in [2.45, 2.75) is 34.6 Å². The van der Waals surface area contributed by atoms with Gasteiger partial charge in [-0.1, -0.05) is 13.8 Å². The second-order valence-corrected chi connectivity index (χ2v) is 5.28. The topological polar surface area (TPSA) is 69.6 Å². The van der Waals surface area contributed by atoms with Crippen molar-refractivity contribution in [3.05, 3.63) is 0 Å². The van der Waals surface area contributed by atoms with Gasteiger partial charge in [0.25, 0.3) is 0 Å². The minimum atomic E-state index is -0.938. The minimum Gasteiger partial charge on any atom is -0.481 e. The van der Waals surface area contributed by atoms with Gasteiger partial charge in [0.05, 0.1) is 5.41 Å². The summed E-state index contributed by atoms with van der Waals surface area (Å²) in [6.07, 6.45) is 0. The Hall–Kier alpha value is -1.26. The highest BCUT2D eigenvalue weighted by Crippen LogP contribution is 2.13. The van der Waals surface area contributed by atoms with Crippen LogP contribution < -0.4 is 5.32 Å². The summed E-state index contributed by atoms with van der Waals surface area (Å²) in [6.45, 7) is 10.6. The fourth-order valence-electron chi connectivity index (χ4n) is 1.28. The number of hydrogen-bond donors (Lipinski definition) is 2. The van der Waals surface area contributed by atoms with Crippen molar-refractivity contribution in [1.82, 2.24) is 10.2 Å². The molecule has 2 amide bonds. The van der Waals surface area contributed by atoms with E-state index >= 15 is 0 Å². The van der Waals surface area contributed by atoms with E-state index in [9.17, 15) is 9.59 Å². The van der Waals surface area contributed by atoms with Gasteiger partial charge in [0.1, 0.15) is 0 Å². The Labute approximate surface area is 103 Å². The molecule has 0 aromatic carbocycles. The molecule has 0 fully saturated rings. The molecule has 0 unspecified atom stereocenters.